The van der Waals surface area contributed by atoms with Crippen molar-refractivity contribution in [1.82, 2.24) is 24.6 Å². The highest BCUT2D eigenvalue weighted by atomic mass is 16.2. The molecular formula is C17H20N6O. The molecule has 0 aliphatic rings. The highest BCUT2D eigenvalue weighted by molar-refractivity contribution is 5.77. The van der Waals surface area contributed by atoms with Gasteiger partial charge in [0.25, 0.3) is 0 Å². The normalized spacial score (nSPS) is 12.1. The molecule has 0 bridgehead atoms. The number of nitrogens with one attached hydrogen (secondary N) is 1. The Morgan fingerprint density at radius 1 is 1.33 bits per heavy atom. The van der Waals surface area contributed by atoms with Crippen LogP contribution in [-0.2, 0) is 18.4 Å². The van der Waals surface area contributed by atoms with E-state index in [1.54, 1.807) is 12.3 Å². The molecule has 0 aliphatic carbocycles. The fraction of sp³-hybridized carbons (Fsp3) is 0.235. The van der Waals surface area contributed by atoms with Gasteiger partial charge < -0.3 is 15.6 Å². The molecule has 124 valence electrons. The molecule has 7 nitrogen and oxygen atoms in total. The van der Waals surface area contributed by atoms with Gasteiger partial charge in [-0.2, -0.15) is 5.10 Å². The molecule has 3 rings (SSSR count). The van der Waals surface area contributed by atoms with Crippen LogP contribution >= 0.6 is 0 Å². The van der Waals surface area contributed by atoms with Crippen LogP contribution in [-0.4, -0.2) is 25.2 Å². The number of amides is 1. The van der Waals surface area contributed by atoms with Gasteiger partial charge in [-0.25, -0.2) is 9.67 Å². The minimum absolute atomic E-state index is 0.0629. The van der Waals surface area contributed by atoms with Crippen LogP contribution in [0.4, 0.5) is 5.82 Å². The van der Waals surface area contributed by atoms with Crippen molar-refractivity contribution in [3.05, 3.63) is 65.9 Å². The Balaban J connectivity index is 1.83. The fourth-order valence-electron chi connectivity index (χ4n) is 2.63. The smallest absolute Gasteiger partial charge is 0.242 e. The molecule has 1 amide bonds. The predicted octanol–water partition coefficient (Wildman–Crippen LogP) is 1.41. The molecular weight excluding hydrogens is 304 g/mol. The summed E-state index contributed by atoms with van der Waals surface area (Å²) in [5, 5.41) is 7.24. The standard InChI is InChI=1S/C17H20N6O/c1-12-10-14(18)23(21-12)11-15(24)20-16(13-6-4-3-5-7-13)17-19-8-9-22(17)2/h3-10,16H,11,18H2,1-2H3,(H,20,24)/t16-/m0/s1. The second kappa shape index (κ2) is 6.57. The van der Waals surface area contributed by atoms with Gasteiger partial charge in [0, 0.05) is 25.5 Å². The van der Waals surface area contributed by atoms with Gasteiger partial charge in [0.1, 0.15) is 24.2 Å². The molecule has 3 N–H and O–H groups in total. The number of nitrogen functional groups attached to an aromatic ring is 1. The molecule has 1 atom stereocenters. The Bertz CT molecular complexity index is 836. The van der Waals surface area contributed by atoms with Gasteiger partial charge in [-0.05, 0) is 12.5 Å². The highest BCUT2D eigenvalue weighted by Crippen LogP contribution is 2.20. The van der Waals surface area contributed by atoms with Gasteiger partial charge >= 0.3 is 0 Å². The summed E-state index contributed by atoms with van der Waals surface area (Å²) >= 11 is 0. The average molecular weight is 324 g/mol. The third-order valence-electron chi connectivity index (χ3n) is 3.78. The number of carbonyl (C=O) groups excluding carboxylic acids is 1. The molecule has 0 saturated carbocycles. The van der Waals surface area contributed by atoms with Crippen LogP contribution in [0.15, 0.2) is 48.8 Å². The van der Waals surface area contributed by atoms with Crippen LogP contribution < -0.4 is 11.1 Å². The molecule has 0 fully saturated rings. The zero-order chi connectivity index (χ0) is 17.1. The van der Waals surface area contributed by atoms with Crippen molar-refractivity contribution in [3.63, 3.8) is 0 Å². The SMILES string of the molecule is Cc1cc(N)n(CC(=O)N[C@@H](c2ccccc2)c2nccn2C)n1. The number of imidazole rings is 1. The Labute approximate surface area is 140 Å². The maximum absolute atomic E-state index is 12.5. The summed E-state index contributed by atoms with van der Waals surface area (Å²) < 4.78 is 3.38. The first-order chi connectivity index (χ1) is 11.5. The van der Waals surface area contributed by atoms with Crippen molar-refractivity contribution in [1.29, 1.82) is 0 Å². The van der Waals surface area contributed by atoms with E-state index in [2.05, 4.69) is 15.4 Å². The van der Waals surface area contributed by atoms with E-state index in [9.17, 15) is 4.79 Å². The maximum Gasteiger partial charge on any atom is 0.242 e. The zero-order valence-electron chi connectivity index (χ0n) is 13.7. The van der Waals surface area contributed by atoms with Crippen molar-refractivity contribution < 1.29 is 4.79 Å². The number of carbonyl (C=O) groups is 1. The molecule has 24 heavy (non-hydrogen) atoms. The Hall–Kier alpha value is -3.09. The lowest BCUT2D eigenvalue weighted by molar-refractivity contribution is -0.122. The zero-order valence-corrected chi connectivity index (χ0v) is 13.7. The monoisotopic (exact) mass is 324 g/mol. The van der Waals surface area contributed by atoms with E-state index in [1.165, 1.54) is 4.68 Å². The Morgan fingerprint density at radius 3 is 2.67 bits per heavy atom. The largest absolute Gasteiger partial charge is 0.384 e. The summed E-state index contributed by atoms with van der Waals surface area (Å²) in [5.41, 5.74) is 7.60. The van der Waals surface area contributed by atoms with Crippen molar-refractivity contribution in [2.75, 3.05) is 5.73 Å². The lowest BCUT2D eigenvalue weighted by Gasteiger charge is -2.19. The van der Waals surface area contributed by atoms with Crippen LogP contribution in [0.1, 0.15) is 23.1 Å². The van der Waals surface area contributed by atoms with Crippen molar-refractivity contribution in [2.45, 2.75) is 19.5 Å². The number of nitrogens with two attached hydrogens (primary N) is 1. The summed E-state index contributed by atoms with van der Waals surface area (Å²) in [5.74, 6) is 1.05. The molecule has 1 aromatic carbocycles. The van der Waals surface area contributed by atoms with Gasteiger partial charge in [-0.1, -0.05) is 30.3 Å². The topological polar surface area (TPSA) is 90.8 Å². The Kier molecular flexibility index (Phi) is 4.33. The second-order valence-corrected chi connectivity index (χ2v) is 5.68. The second-order valence-electron chi connectivity index (χ2n) is 5.68. The van der Waals surface area contributed by atoms with Gasteiger partial charge in [-0.15, -0.1) is 0 Å². The fourth-order valence-corrected chi connectivity index (χ4v) is 2.63. The first-order valence-electron chi connectivity index (χ1n) is 7.66. The summed E-state index contributed by atoms with van der Waals surface area (Å²) in [4.78, 5) is 16.9. The molecule has 0 spiro atoms. The molecule has 7 heteroatoms. The third-order valence-corrected chi connectivity index (χ3v) is 3.78. The molecule has 0 radical (unpaired) electrons. The molecule has 2 aromatic heterocycles. The van der Waals surface area contributed by atoms with Crippen molar-refractivity contribution >= 4 is 11.7 Å². The number of rotatable bonds is 5. The van der Waals surface area contributed by atoms with Crippen LogP contribution in [0.25, 0.3) is 0 Å². The van der Waals surface area contributed by atoms with E-state index in [-0.39, 0.29) is 18.5 Å². The highest BCUT2D eigenvalue weighted by Gasteiger charge is 2.21. The first kappa shape index (κ1) is 15.8. The average Bonchev–Trinajstić information content (AvgIpc) is 3.11. The molecule has 0 saturated heterocycles. The quantitative estimate of drug-likeness (QED) is 0.742. The summed E-state index contributed by atoms with van der Waals surface area (Å²) in [7, 11) is 1.90. The van der Waals surface area contributed by atoms with Crippen LogP contribution in [0.2, 0.25) is 0 Å². The van der Waals surface area contributed by atoms with Gasteiger partial charge in [0.05, 0.1) is 5.69 Å². The minimum atomic E-state index is -0.336. The molecule has 0 unspecified atom stereocenters. The van der Waals surface area contributed by atoms with Gasteiger partial charge in [-0.3, -0.25) is 4.79 Å². The van der Waals surface area contributed by atoms with Gasteiger partial charge in [0.2, 0.25) is 5.91 Å². The number of benzene rings is 1. The van der Waals surface area contributed by atoms with E-state index in [0.717, 1.165) is 17.1 Å². The molecule has 0 aliphatic heterocycles. The summed E-state index contributed by atoms with van der Waals surface area (Å²) in [6.07, 6.45) is 3.57. The number of hydrogen-bond donors (Lipinski definition) is 2. The first-order valence-corrected chi connectivity index (χ1v) is 7.66. The van der Waals surface area contributed by atoms with Crippen LogP contribution in [0.3, 0.4) is 0 Å². The predicted molar refractivity (Wildman–Crippen MR) is 91.0 cm³/mol. The number of aromatic nitrogens is 4. The molecule has 3 aromatic rings. The van der Waals surface area contributed by atoms with Crippen molar-refractivity contribution in [2.24, 2.45) is 7.05 Å². The minimum Gasteiger partial charge on any atom is -0.384 e. The van der Waals surface area contributed by atoms with E-state index in [4.69, 9.17) is 5.73 Å². The summed E-state index contributed by atoms with van der Waals surface area (Å²) in [6.45, 7) is 1.90. The van der Waals surface area contributed by atoms with Crippen molar-refractivity contribution in [3.8, 4) is 0 Å². The Morgan fingerprint density at radius 2 is 2.08 bits per heavy atom. The van der Waals surface area contributed by atoms with Crippen LogP contribution in [0.5, 0.6) is 0 Å². The summed E-state index contributed by atoms with van der Waals surface area (Å²) in [6, 6.07) is 11.1. The maximum atomic E-state index is 12.5. The van der Waals surface area contributed by atoms with Gasteiger partial charge in [0.15, 0.2) is 0 Å². The van der Waals surface area contributed by atoms with E-state index >= 15 is 0 Å². The lowest BCUT2D eigenvalue weighted by Crippen LogP contribution is -2.34. The lowest BCUT2D eigenvalue weighted by atomic mass is 10.1. The number of nitrogens with zero attached hydrogens (tertiary/aromatic N) is 4. The number of hydrogen-bond acceptors (Lipinski definition) is 4. The van der Waals surface area contributed by atoms with Crippen LogP contribution in [0, 0.1) is 6.92 Å². The third kappa shape index (κ3) is 3.29. The van der Waals surface area contributed by atoms with E-state index < -0.39 is 0 Å². The van der Waals surface area contributed by atoms with E-state index in [1.807, 2.05) is 55.1 Å². The number of anilines is 1. The van der Waals surface area contributed by atoms with E-state index in [0.29, 0.717) is 5.82 Å². The molecule has 2 heterocycles. The number of aryl methyl sites for hydroxylation is 2.